The Morgan fingerprint density at radius 1 is 0.889 bits per heavy atom. The zero-order valence-electron chi connectivity index (χ0n) is 11.5. The van der Waals surface area contributed by atoms with E-state index in [1.54, 1.807) is 0 Å². The lowest BCUT2D eigenvalue weighted by Crippen LogP contribution is -2.11. The largest absolute Gasteiger partial charge is 0.457 e. The van der Waals surface area contributed by atoms with E-state index >= 15 is 0 Å². The molecule has 0 saturated carbocycles. The molecule has 1 heteroatoms. The third-order valence-corrected chi connectivity index (χ3v) is 3.01. The molecular weight excluding hydrogens is 220 g/mol. The van der Waals surface area contributed by atoms with Crippen LogP contribution in [0.25, 0.3) is 0 Å². The van der Waals surface area contributed by atoms with Gasteiger partial charge in [0.2, 0.25) is 0 Å². The van der Waals surface area contributed by atoms with Crippen LogP contribution in [0.2, 0.25) is 0 Å². The summed E-state index contributed by atoms with van der Waals surface area (Å²) in [6.45, 7) is 8.76. The average molecular weight is 240 g/mol. The molecular formula is C17H20O. The molecule has 0 spiro atoms. The fourth-order valence-electron chi connectivity index (χ4n) is 1.85. The molecule has 0 heterocycles. The van der Waals surface area contributed by atoms with Gasteiger partial charge in [-0.1, -0.05) is 51.1 Å². The Morgan fingerprint density at radius 2 is 1.56 bits per heavy atom. The van der Waals surface area contributed by atoms with Crippen molar-refractivity contribution in [1.82, 2.24) is 0 Å². The van der Waals surface area contributed by atoms with Crippen molar-refractivity contribution in [2.75, 3.05) is 0 Å². The summed E-state index contributed by atoms with van der Waals surface area (Å²) in [6.07, 6.45) is 0. The van der Waals surface area contributed by atoms with Crippen molar-refractivity contribution in [3.8, 4) is 11.5 Å². The number of rotatable bonds is 2. The Labute approximate surface area is 109 Å². The van der Waals surface area contributed by atoms with E-state index in [0.717, 1.165) is 11.5 Å². The van der Waals surface area contributed by atoms with Crippen molar-refractivity contribution in [3.63, 3.8) is 0 Å². The van der Waals surface area contributed by atoms with E-state index in [0.29, 0.717) is 0 Å². The summed E-state index contributed by atoms with van der Waals surface area (Å²) in [6, 6.07) is 16.3. The number of hydrogen-bond donors (Lipinski definition) is 0. The zero-order valence-corrected chi connectivity index (χ0v) is 11.5. The van der Waals surface area contributed by atoms with Gasteiger partial charge >= 0.3 is 0 Å². The maximum absolute atomic E-state index is 5.88. The first-order chi connectivity index (χ1) is 8.47. The van der Waals surface area contributed by atoms with Crippen LogP contribution < -0.4 is 4.74 Å². The van der Waals surface area contributed by atoms with Gasteiger partial charge in [-0.25, -0.2) is 0 Å². The molecule has 0 saturated heterocycles. The Bertz CT molecular complexity index is 521. The van der Waals surface area contributed by atoms with Gasteiger partial charge in [0.15, 0.2) is 0 Å². The van der Waals surface area contributed by atoms with E-state index in [2.05, 4.69) is 45.9 Å². The zero-order chi connectivity index (χ0) is 13.2. The van der Waals surface area contributed by atoms with Gasteiger partial charge in [0.1, 0.15) is 11.5 Å². The fraction of sp³-hybridized carbons (Fsp3) is 0.294. The smallest absolute Gasteiger partial charge is 0.130 e. The third-order valence-electron chi connectivity index (χ3n) is 3.01. The van der Waals surface area contributed by atoms with Crippen LogP contribution in [0, 0.1) is 6.92 Å². The van der Waals surface area contributed by atoms with Crippen molar-refractivity contribution in [2.24, 2.45) is 0 Å². The highest BCUT2D eigenvalue weighted by molar-refractivity contribution is 5.41. The quantitative estimate of drug-likeness (QED) is 0.711. The molecule has 2 rings (SSSR count). The van der Waals surface area contributed by atoms with E-state index in [9.17, 15) is 0 Å². The molecule has 0 aliphatic heterocycles. The van der Waals surface area contributed by atoms with Gasteiger partial charge in [-0.15, -0.1) is 0 Å². The van der Waals surface area contributed by atoms with Crippen LogP contribution in [-0.4, -0.2) is 0 Å². The molecule has 1 nitrogen and oxygen atoms in total. The fourth-order valence-corrected chi connectivity index (χ4v) is 1.85. The van der Waals surface area contributed by atoms with Crippen LogP contribution in [0.4, 0.5) is 0 Å². The second-order valence-corrected chi connectivity index (χ2v) is 5.65. The molecule has 0 unspecified atom stereocenters. The van der Waals surface area contributed by atoms with Gasteiger partial charge in [-0.2, -0.15) is 0 Å². The minimum atomic E-state index is 0.177. The highest BCUT2D eigenvalue weighted by atomic mass is 16.5. The highest BCUT2D eigenvalue weighted by Crippen LogP contribution is 2.30. The summed E-state index contributed by atoms with van der Waals surface area (Å²) in [5.74, 6) is 1.80. The van der Waals surface area contributed by atoms with E-state index in [4.69, 9.17) is 4.74 Å². The molecule has 2 aromatic carbocycles. The molecule has 0 radical (unpaired) electrons. The van der Waals surface area contributed by atoms with Crippen LogP contribution in [0.15, 0.2) is 48.5 Å². The Kier molecular flexibility index (Phi) is 3.42. The molecule has 0 amide bonds. The number of benzene rings is 2. The normalized spacial score (nSPS) is 11.3. The van der Waals surface area contributed by atoms with Crippen LogP contribution in [0.3, 0.4) is 0 Å². The molecule has 0 atom stereocenters. The van der Waals surface area contributed by atoms with Crippen molar-refractivity contribution in [2.45, 2.75) is 33.1 Å². The molecule has 0 aliphatic rings. The summed E-state index contributed by atoms with van der Waals surface area (Å²) >= 11 is 0. The van der Waals surface area contributed by atoms with Crippen molar-refractivity contribution in [3.05, 3.63) is 59.7 Å². The van der Waals surface area contributed by atoms with Crippen LogP contribution in [0.1, 0.15) is 31.9 Å². The van der Waals surface area contributed by atoms with Crippen molar-refractivity contribution in [1.29, 1.82) is 0 Å². The number of hydrogen-bond acceptors (Lipinski definition) is 1. The van der Waals surface area contributed by atoms with Gasteiger partial charge in [-0.3, -0.25) is 0 Å². The summed E-state index contributed by atoms with van der Waals surface area (Å²) < 4.78 is 5.88. The minimum Gasteiger partial charge on any atom is -0.457 e. The van der Waals surface area contributed by atoms with Crippen LogP contribution >= 0.6 is 0 Å². The SMILES string of the molecule is Cc1cc(C(C)(C)C)ccc1Oc1ccccc1. The standard InChI is InChI=1S/C17H20O/c1-13-12-14(17(2,3)4)10-11-16(13)18-15-8-6-5-7-9-15/h5-12H,1-4H3. The lowest BCUT2D eigenvalue weighted by molar-refractivity contribution is 0.477. The highest BCUT2D eigenvalue weighted by Gasteiger charge is 2.14. The Morgan fingerprint density at radius 3 is 2.11 bits per heavy atom. The van der Waals surface area contributed by atoms with Gasteiger partial charge in [0, 0.05) is 0 Å². The first-order valence-electron chi connectivity index (χ1n) is 6.31. The molecule has 18 heavy (non-hydrogen) atoms. The predicted octanol–water partition coefficient (Wildman–Crippen LogP) is 5.08. The maximum atomic E-state index is 5.88. The molecule has 0 bridgehead atoms. The third kappa shape index (κ3) is 2.92. The monoisotopic (exact) mass is 240 g/mol. The molecule has 2 aromatic rings. The number of aryl methyl sites for hydroxylation is 1. The second kappa shape index (κ2) is 4.85. The van der Waals surface area contributed by atoms with Crippen LogP contribution in [0.5, 0.6) is 11.5 Å². The van der Waals surface area contributed by atoms with Gasteiger partial charge in [0.05, 0.1) is 0 Å². The Balaban J connectivity index is 2.26. The van der Waals surface area contributed by atoms with Gasteiger partial charge in [-0.05, 0) is 41.7 Å². The summed E-state index contributed by atoms with van der Waals surface area (Å²) in [7, 11) is 0. The maximum Gasteiger partial charge on any atom is 0.130 e. The van der Waals surface area contributed by atoms with E-state index in [1.807, 2.05) is 30.3 Å². The number of ether oxygens (including phenoxy) is 1. The first-order valence-corrected chi connectivity index (χ1v) is 6.31. The number of para-hydroxylation sites is 1. The second-order valence-electron chi connectivity index (χ2n) is 5.65. The van der Waals surface area contributed by atoms with E-state index in [1.165, 1.54) is 11.1 Å². The Hall–Kier alpha value is -1.76. The van der Waals surface area contributed by atoms with Crippen LogP contribution in [-0.2, 0) is 5.41 Å². The predicted molar refractivity (Wildman–Crippen MR) is 76.4 cm³/mol. The van der Waals surface area contributed by atoms with Crippen molar-refractivity contribution >= 4 is 0 Å². The summed E-state index contributed by atoms with van der Waals surface area (Å²) in [5.41, 5.74) is 2.68. The molecule has 0 aromatic heterocycles. The van der Waals surface area contributed by atoms with E-state index < -0.39 is 0 Å². The minimum absolute atomic E-state index is 0.177. The summed E-state index contributed by atoms with van der Waals surface area (Å²) in [5, 5.41) is 0. The average Bonchev–Trinajstić information content (AvgIpc) is 2.32. The van der Waals surface area contributed by atoms with E-state index in [-0.39, 0.29) is 5.41 Å². The molecule has 94 valence electrons. The van der Waals surface area contributed by atoms with Gasteiger partial charge in [0.25, 0.3) is 0 Å². The summed E-state index contributed by atoms with van der Waals surface area (Å²) in [4.78, 5) is 0. The first kappa shape index (κ1) is 12.7. The van der Waals surface area contributed by atoms with Crippen molar-refractivity contribution < 1.29 is 4.74 Å². The molecule has 0 aliphatic carbocycles. The topological polar surface area (TPSA) is 9.23 Å². The lowest BCUT2D eigenvalue weighted by Gasteiger charge is -2.20. The molecule has 0 N–H and O–H groups in total. The lowest BCUT2D eigenvalue weighted by atomic mass is 9.86. The molecule has 0 fully saturated rings. The van der Waals surface area contributed by atoms with Gasteiger partial charge < -0.3 is 4.74 Å².